The molecule has 0 bridgehead atoms. The fraction of sp³-hybridized carbons (Fsp3) is 0.682. The number of halogens is 1. The molecule has 0 saturated carbocycles. The predicted molar refractivity (Wildman–Crippen MR) is 111 cm³/mol. The van der Waals surface area contributed by atoms with Crippen molar-refractivity contribution in [1.29, 1.82) is 0 Å². The highest BCUT2D eigenvalue weighted by Crippen LogP contribution is 2.21. The van der Waals surface area contributed by atoms with Crippen LogP contribution in [0.3, 0.4) is 0 Å². The number of carbonyl (C=O) groups excluding carboxylic acids is 1. The Labute approximate surface area is 165 Å². The van der Waals surface area contributed by atoms with E-state index in [0.29, 0.717) is 24.9 Å². The van der Waals surface area contributed by atoms with Crippen LogP contribution in [0.25, 0.3) is 0 Å². The number of amides is 1. The molecule has 0 radical (unpaired) electrons. The van der Waals surface area contributed by atoms with Crippen molar-refractivity contribution < 1.29 is 9.53 Å². The molecular weight excluding hydrogens is 346 g/mol. The molecule has 0 heterocycles. The van der Waals surface area contributed by atoms with Crippen molar-refractivity contribution in [2.45, 2.75) is 79.9 Å². The Hall–Kier alpha value is -1.22. The minimum atomic E-state index is -0.497. The highest BCUT2D eigenvalue weighted by atomic mass is 35.5. The Morgan fingerprint density at radius 3 is 2.23 bits per heavy atom. The molecule has 1 amide bonds. The van der Waals surface area contributed by atoms with Gasteiger partial charge in [-0.1, -0.05) is 51.8 Å². The Kier molecular flexibility index (Phi) is 8.95. The maximum Gasteiger partial charge on any atom is 0.410 e. The molecule has 0 saturated heterocycles. The van der Waals surface area contributed by atoms with Crippen LogP contribution < -0.4 is 0 Å². The first-order valence-corrected chi connectivity index (χ1v) is 10.1. The number of hydrogen-bond acceptors (Lipinski definition) is 2. The van der Waals surface area contributed by atoms with Gasteiger partial charge in [0, 0.05) is 18.1 Å². The number of nitrogens with zero attached hydrogens (tertiary/aromatic N) is 1. The lowest BCUT2D eigenvalue weighted by Gasteiger charge is -2.29. The molecule has 0 N–H and O–H groups in total. The third-order valence-corrected chi connectivity index (χ3v) is 4.09. The van der Waals surface area contributed by atoms with Crippen molar-refractivity contribution in [2.24, 2.45) is 11.8 Å². The maximum atomic E-state index is 12.6. The van der Waals surface area contributed by atoms with Crippen LogP contribution in [0.15, 0.2) is 18.2 Å². The number of carbonyl (C=O) groups is 1. The van der Waals surface area contributed by atoms with Crippen molar-refractivity contribution in [1.82, 2.24) is 4.90 Å². The lowest BCUT2D eigenvalue weighted by atomic mass is 10.0. The van der Waals surface area contributed by atoms with Crippen molar-refractivity contribution in [3.8, 4) is 0 Å². The summed E-state index contributed by atoms with van der Waals surface area (Å²) in [5, 5.41) is 0.732. The normalized spacial score (nSPS) is 11.9. The zero-order chi connectivity index (χ0) is 19.9. The zero-order valence-corrected chi connectivity index (χ0v) is 18.3. The third kappa shape index (κ3) is 9.47. The molecule has 0 aliphatic heterocycles. The van der Waals surface area contributed by atoms with Gasteiger partial charge in [-0.25, -0.2) is 4.79 Å². The van der Waals surface area contributed by atoms with Crippen LogP contribution in [-0.2, 0) is 17.7 Å². The highest BCUT2D eigenvalue weighted by Gasteiger charge is 2.23. The van der Waals surface area contributed by atoms with Gasteiger partial charge in [0.2, 0.25) is 0 Å². The van der Waals surface area contributed by atoms with E-state index >= 15 is 0 Å². The summed E-state index contributed by atoms with van der Waals surface area (Å²) >= 11 is 6.33. The van der Waals surface area contributed by atoms with E-state index in [2.05, 4.69) is 33.8 Å². The minimum absolute atomic E-state index is 0.271. The summed E-state index contributed by atoms with van der Waals surface area (Å²) in [7, 11) is 0. The average molecular weight is 382 g/mol. The van der Waals surface area contributed by atoms with E-state index in [4.69, 9.17) is 16.3 Å². The number of ether oxygens (including phenoxy) is 1. The second kappa shape index (κ2) is 10.2. The molecule has 1 aromatic rings. The summed E-state index contributed by atoms with van der Waals surface area (Å²) in [6.45, 7) is 15.6. The lowest BCUT2D eigenvalue weighted by molar-refractivity contribution is 0.0211. The van der Waals surface area contributed by atoms with Gasteiger partial charge in [-0.3, -0.25) is 0 Å². The topological polar surface area (TPSA) is 29.5 Å². The van der Waals surface area contributed by atoms with E-state index in [9.17, 15) is 4.79 Å². The Morgan fingerprint density at radius 2 is 1.69 bits per heavy atom. The summed E-state index contributed by atoms with van der Waals surface area (Å²) in [5.41, 5.74) is 1.80. The van der Waals surface area contributed by atoms with E-state index in [-0.39, 0.29) is 6.09 Å². The van der Waals surface area contributed by atoms with Crippen LogP contribution in [0.2, 0.25) is 5.02 Å². The van der Waals surface area contributed by atoms with Crippen LogP contribution in [0.1, 0.15) is 72.4 Å². The monoisotopic (exact) mass is 381 g/mol. The van der Waals surface area contributed by atoms with Crippen molar-refractivity contribution in [3.63, 3.8) is 0 Å². The second-order valence-corrected chi connectivity index (χ2v) is 9.44. The van der Waals surface area contributed by atoms with Gasteiger partial charge in [-0.05, 0) is 68.7 Å². The first-order valence-electron chi connectivity index (χ1n) is 9.72. The molecule has 0 aliphatic carbocycles. The van der Waals surface area contributed by atoms with Gasteiger partial charge >= 0.3 is 6.09 Å². The Bertz CT molecular complexity index is 576. The molecule has 3 nitrogen and oxygen atoms in total. The zero-order valence-electron chi connectivity index (χ0n) is 17.6. The van der Waals surface area contributed by atoms with Gasteiger partial charge in [0.15, 0.2) is 0 Å². The summed E-state index contributed by atoms with van der Waals surface area (Å²) in [4.78, 5) is 14.4. The number of rotatable bonds is 8. The minimum Gasteiger partial charge on any atom is -0.444 e. The predicted octanol–water partition coefficient (Wildman–Crippen LogP) is 6.71. The molecule has 0 unspecified atom stereocenters. The largest absolute Gasteiger partial charge is 0.444 e. The van der Waals surface area contributed by atoms with Crippen LogP contribution >= 0.6 is 11.6 Å². The van der Waals surface area contributed by atoms with E-state index in [1.54, 1.807) is 4.90 Å². The molecule has 1 rings (SSSR count). The molecule has 148 valence electrons. The first-order chi connectivity index (χ1) is 12.0. The van der Waals surface area contributed by atoms with Crippen molar-refractivity contribution in [3.05, 3.63) is 34.3 Å². The SMILES string of the molecule is CC(C)CCCc1cc(Cl)cc(CN(CC(C)C)C(=O)OC(C)(C)C)c1. The summed E-state index contributed by atoms with van der Waals surface area (Å²) in [6, 6.07) is 6.15. The van der Waals surface area contributed by atoms with Gasteiger partial charge < -0.3 is 9.64 Å². The fourth-order valence-corrected chi connectivity index (χ4v) is 3.14. The average Bonchev–Trinajstić information content (AvgIpc) is 2.43. The van der Waals surface area contributed by atoms with Gasteiger partial charge in [0.05, 0.1) is 0 Å². The van der Waals surface area contributed by atoms with Gasteiger partial charge in [0.25, 0.3) is 0 Å². The molecule has 4 heteroatoms. The fourth-order valence-electron chi connectivity index (χ4n) is 2.86. The van der Waals surface area contributed by atoms with Crippen molar-refractivity contribution in [2.75, 3.05) is 6.54 Å². The number of aryl methyl sites for hydroxylation is 1. The van der Waals surface area contributed by atoms with Crippen LogP contribution in [0.5, 0.6) is 0 Å². The molecule has 0 aliphatic rings. The Morgan fingerprint density at radius 1 is 1.08 bits per heavy atom. The highest BCUT2D eigenvalue weighted by molar-refractivity contribution is 6.30. The standard InChI is InChI=1S/C22H36ClNO2/c1-16(2)9-8-10-18-11-19(13-20(23)12-18)15-24(14-17(3)4)21(25)26-22(5,6)7/h11-13,16-17H,8-10,14-15H2,1-7H3. The van der Waals surface area contributed by atoms with Crippen LogP contribution in [0.4, 0.5) is 4.79 Å². The van der Waals surface area contributed by atoms with E-state index < -0.39 is 5.60 Å². The first kappa shape index (κ1) is 22.8. The summed E-state index contributed by atoms with van der Waals surface area (Å²) < 4.78 is 5.58. The van der Waals surface area contributed by atoms with Gasteiger partial charge in [-0.15, -0.1) is 0 Å². The van der Waals surface area contributed by atoms with Crippen LogP contribution in [0, 0.1) is 11.8 Å². The lowest BCUT2D eigenvalue weighted by Crippen LogP contribution is -2.38. The van der Waals surface area contributed by atoms with Gasteiger partial charge in [-0.2, -0.15) is 0 Å². The van der Waals surface area contributed by atoms with Gasteiger partial charge in [0.1, 0.15) is 5.60 Å². The third-order valence-electron chi connectivity index (χ3n) is 3.87. The smallest absolute Gasteiger partial charge is 0.410 e. The second-order valence-electron chi connectivity index (χ2n) is 9.01. The van der Waals surface area contributed by atoms with E-state index in [1.165, 1.54) is 12.0 Å². The molecule has 0 fully saturated rings. The van der Waals surface area contributed by atoms with E-state index in [0.717, 1.165) is 23.4 Å². The van der Waals surface area contributed by atoms with E-state index in [1.807, 2.05) is 32.9 Å². The molecule has 0 atom stereocenters. The molecule has 0 spiro atoms. The molecule has 1 aromatic carbocycles. The number of benzene rings is 1. The molecule has 26 heavy (non-hydrogen) atoms. The Balaban J connectivity index is 2.88. The summed E-state index contributed by atoms with van der Waals surface area (Å²) in [5.74, 6) is 1.08. The number of hydrogen-bond donors (Lipinski definition) is 0. The molecular formula is C22H36ClNO2. The van der Waals surface area contributed by atoms with Crippen LogP contribution in [-0.4, -0.2) is 23.1 Å². The maximum absolute atomic E-state index is 12.6. The van der Waals surface area contributed by atoms with Crippen molar-refractivity contribution >= 4 is 17.7 Å². The molecule has 0 aromatic heterocycles. The quantitative estimate of drug-likeness (QED) is 0.500. The summed E-state index contributed by atoms with van der Waals surface area (Å²) in [6.07, 6.45) is 3.11.